The Balaban J connectivity index is 2.27. The van der Waals surface area contributed by atoms with Gasteiger partial charge in [0.15, 0.2) is 11.0 Å². The Morgan fingerprint density at radius 1 is 1.28 bits per heavy atom. The van der Waals surface area contributed by atoms with Gasteiger partial charge in [0.1, 0.15) is 0 Å². The lowest BCUT2D eigenvalue weighted by Crippen LogP contribution is -2.27. The first-order valence-electron chi connectivity index (χ1n) is 6.11. The number of nitrogens with two attached hydrogens (primary N) is 1. The second-order valence-electron chi connectivity index (χ2n) is 3.91. The Bertz CT molecular complexity index is 512. The summed E-state index contributed by atoms with van der Waals surface area (Å²) in [6, 6.07) is 3.77. The van der Waals surface area contributed by atoms with Gasteiger partial charge < -0.3 is 15.4 Å². The molecular formula is C12H18N4O2. The van der Waals surface area contributed by atoms with Crippen molar-refractivity contribution in [2.45, 2.75) is 13.8 Å². The standard InChI is InChI=1S/C12H18N4O2/c1-3-16(7-8-17-4-2)10-6-5-9(13)11-12(10)15-18-14-11/h5-6H,3-4,7-8,13H2,1-2H3. The molecule has 1 aromatic carbocycles. The first-order valence-corrected chi connectivity index (χ1v) is 6.11. The molecule has 6 heteroatoms. The first-order chi connectivity index (χ1) is 8.77. The van der Waals surface area contributed by atoms with Gasteiger partial charge in [0.25, 0.3) is 0 Å². The van der Waals surface area contributed by atoms with E-state index in [1.807, 2.05) is 19.1 Å². The zero-order valence-electron chi connectivity index (χ0n) is 10.7. The van der Waals surface area contributed by atoms with Crippen LogP contribution in [0.4, 0.5) is 11.4 Å². The topological polar surface area (TPSA) is 77.4 Å². The second kappa shape index (κ2) is 5.68. The lowest BCUT2D eigenvalue weighted by atomic mass is 10.2. The molecule has 2 N–H and O–H groups in total. The summed E-state index contributed by atoms with van der Waals surface area (Å²) in [5, 5.41) is 7.75. The number of likely N-dealkylation sites (N-methyl/N-ethyl adjacent to an activating group) is 1. The number of hydrogen-bond donors (Lipinski definition) is 1. The number of anilines is 2. The molecule has 0 unspecified atom stereocenters. The van der Waals surface area contributed by atoms with E-state index in [9.17, 15) is 0 Å². The highest BCUT2D eigenvalue weighted by Gasteiger charge is 2.14. The van der Waals surface area contributed by atoms with Crippen LogP contribution in [0.2, 0.25) is 0 Å². The van der Waals surface area contributed by atoms with Crippen molar-refractivity contribution in [3.63, 3.8) is 0 Å². The van der Waals surface area contributed by atoms with Gasteiger partial charge in [0.2, 0.25) is 0 Å². The van der Waals surface area contributed by atoms with Gasteiger partial charge in [-0.3, -0.25) is 0 Å². The van der Waals surface area contributed by atoms with Crippen LogP contribution in [0, 0.1) is 0 Å². The molecule has 2 rings (SSSR count). The van der Waals surface area contributed by atoms with Crippen molar-refractivity contribution in [3.05, 3.63) is 12.1 Å². The van der Waals surface area contributed by atoms with Crippen LogP contribution in [0.5, 0.6) is 0 Å². The SMILES string of the molecule is CCOCCN(CC)c1ccc(N)c2nonc12. The van der Waals surface area contributed by atoms with E-state index in [0.717, 1.165) is 25.4 Å². The van der Waals surface area contributed by atoms with Crippen molar-refractivity contribution >= 4 is 22.4 Å². The van der Waals surface area contributed by atoms with Crippen molar-refractivity contribution in [2.75, 3.05) is 36.9 Å². The van der Waals surface area contributed by atoms with Crippen LogP contribution < -0.4 is 10.6 Å². The van der Waals surface area contributed by atoms with Crippen molar-refractivity contribution in [1.29, 1.82) is 0 Å². The van der Waals surface area contributed by atoms with Gasteiger partial charge in [0, 0.05) is 19.7 Å². The van der Waals surface area contributed by atoms with Crippen LogP contribution in [0.15, 0.2) is 16.8 Å². The molecular weight excluding hydrogens is 232 g/mol. The molecule has 0 bridgehead atoms. The van der Waals surface area contributed by atoms with Crippen molar-refractivity contribution in [3.8, 4) is 0 Å². The molecule has 0 aliphatic rings. The first kappa shape index (κ1) is 12.6. The number of aromatic nitrogens is 2. The molecule has 0 spiro atoms. The Labute approximate surface area is 106 Å². The summed E-state index contributed by atoms with van der Waals surface area (Å²) in [5.41, 5.74) is 8.70. The molecule has 0 saturated carbocycles. The van der Waals surface area contributed by atoms with Gasteiger partial charge >= 0.3 is 0 Å². The lowest BCUT2D eigenvalue weighted by Gasteiger charge is -2.22. The van der Waals surface area contributed by atoms with Crippen LogP contribution in [0.25, 0.3) is 11.0 Å². The fourth-order valence-electron chi connectivity index (χ4n) is 1.90. The predicted molar refractivity (Wildman–Crippen MR) is 70.6 cm³/mol. The van der Waals surface area contributed by atoms with E-state index in [4.69, 9.17) is 15.1 Å². The van der Waals surface area contributed by atoms with E-state index in [0.29, 0.717) is 23.3 Å². The van der Waals surface area contributed by atoms with Crippen LogP contribution in [-0.4, -0.2) is 36.6 Å². The van der Waals surface area contributed by atoms with Gasteiger partial charge in [-0.05, 0) is 36.3 Å². The van der Waals surface area contributed by atoms with Gasteiger partial charge in [-0.25, -0.2) is 4.63 Å². The van der Waals surface area contributed by atoms with Crippen LogP contribution in [-0.2, 0) is 4.74 Å². The molecule has 18 heavy (non-hydrogen) atoms. The Morgan fingerprint density at radius 2 is 2.06 bits per heavy atom. The molecule has 0 amide bonds. The number of benzene rings is 1. The predicted octanol–water partition coefficient (Wildman–Crippen LogP) is 1.67. The van der Waals surface area contributed by atoms with Crippen LogP contribution in [0.3, 0.4) is 0 Å². The number of hydrogen-bond acceptors (Lipinski definition) is 6. The molecule has 6 nitrogen and oxygen atoms in total. The van der Waals surface area contributed by atoms with E-state index in [1.165, 1.54) is 0 Å². The minimum Gasteiger partial charge on any atom is -0.397 e. The number of rotatable bonds is 6. The number of nitrogen functional groups attached to an aromatic ring is 1. The average molecular weight is 250 g/mol. The molecule has 0 radical (unpaired) electrons. The fourth-order valence-corrected chi connectivity index (χ4v) is 1.90. The van der Waals surface area contributed by atoms with Crippen LogP contribution >= 0.6 is 0 Å². The smallest absolute Gasteiger partial charge is 0.160 e. The monoisotopic (exact) mass is 250 g/mol. The third-order valence-corrected chi connectivity index (χ3v) is 2.86. The maximum atomic E-state index is 5.83. The molecule has 0 saturated heterocycles. The molecule has 1 aromatic heterocycles. The van der Waals surface area contributed by atoms with Gasteiger partial charge in [-0.15, -0.1) is 0 Å². The van der Waals surface area contributed by atoms with E-state index in [1.54, 1.807) is 0 Å². The van der Waals surface area contributed by atoms with Crippen molar-refractivity contribution in [2.24, 2.45) is 0 Å². The summed E-state index contributed by atoms with van der Waals surface area (Å²) in [5.74, 6) is 0. The Morgan fingerprint density at radius 3 is 2.78 bits per heavy atom. The summed E-state index contributed by atoms with van der Waals surface area (Å²) in [6.45, 7) is 7.14. The number of fused-ring (bicyclic) bond motifs is 1. The maximum absolute atomic E-state index is 5.83. The number of nitrogens with zero attached hydrogens (tertiary/aromatic N) is 3. The molecule has 0 atom stereocenters. The fraction of sp³-hybridized carbons (Fsp3) is 0.500. The van der Waals surface area contributed by atoms with Gasteiger partial charge in [-0.1, -0.05) is 0 Å². The molecule has 2 aromatic rings. The lowest BCUT2D eigenvalue weighted by molar-refractivity contribution is 0.154. The van der Waals surface area contributed by atoms with Crippen molar-refractivity contribution in [1.82, 2.24) is 10.3 Å². The minimum atomic E-state index is 0.580. The highest BCUT2D eigenvalue weighted by Crippen LogP contribution is 2.27. The van der Waals surface area contributed by atoms with E-state index >= 15 is 0 Å². The van der Waals surface area contributed by atoms with E-state index < -0.39 is 0 Å². The van der Waals surface area contributed by atoms with E-state index in [-0.39, 0.29) is 0 Å². The highest BCUT2D eigenvalue weighted by atomic mass is 16.6. The molecule has 0 fully saturated rings. The molecule has 1 heterocycles. The highest BCUT2D eigenvalue weighted by molar-refractivity contribution is 5.95. The maximum Gasteiger partial charge on any atom is 0.160 e. The van der Waals surface area contributed by atoms with Gasteiger partial charge in [0.05, 0.1) is 18.0 Å². The molecule has 98 valence electrons. The summed E-state index contributed by atoms with van der Waals surface area (Å²) >= 11 is 0. The molecule has 0 aliphatic heterocycles. The van der Waals surface area contributed by atoms with Gasteiger partial charge in [-0.2, -0.15) is 0 Å². The van der Waals surface area contributed by atoms with E-state index in [2.05, 4.69) is 22.1 Å². The summed E-state index contributed by atoms with van der Waals surface area (Å²) < 4.78 is 10.1. The quantitative estimate of drug-likeness (QED) is 0.620. The van der Waals surface area contributed by atoms with Crippen LogP contribution in [0.1, 0.15) is 13.8 Å². The molecule has 0 aliphatic carbocycles. The summed E-state index contributed by atoms with van der Waals surface area (Å²) in [7, 11) is 0. The summed E-state index contributed by atoms with van der Waals surface area (Å²) in [6.07, 6.45) is 0. The largest absolute Gasteiger partial charge is 0.397 e. The normalized spacial score (nSPS) is 11.0. The Kier molecular flexibility index (Phi) is 3.99. The third kappa shape index (κ3) is 2.38. The summed E-state index contributed by atoms with van der Waals surface area (Å²) in [4.78, 5) is 2.17. The zero-order chi connectivity index (χ0) is 13.0. The Hall–Kier alpha value is -1.82. The van der Waals surface area contributed by atoms with Crippen molar-refractivity contribution < 1.29 is 9.37 Å². The second-order valence-corrected chi connectivity index (χ2v) is 3.91. The minimum absolute atomic E-state index is 0.580. The third-order valence-electron chi connectivity index (χ3n) is 2.86. The average Bonchev–Trinajstić information content (AvgIpc) is 2.86. The zero-order valence-corrected chi connectivity index (χ0v) is 10.7. The number of ether oxygens (including phenoxy) is 1.